The zero-order valence-corrected chi connectivity index (χ0v) is 7.40. The molecule has 1 nitrogen and oxygen atoms in total. The number of alkyl halides is 3. The van der Waals surface area contributed by atoms with Gasteiger partial charge in [-0.3, -0.25) is 0 Å². The van der Waals surface area contributed by atoms with Gasteiger partial charge in [-0.2, -0.15) is 4.55 Å². The number of hydrogen-bond donors (Lipinski definition) is 1. The lowest BCUT2D eigenvalue weighted by Crippen LogP contribution is -2.24. The molecule has 0 saturated carbocycles. The highest BCUT2D eigenvalue weighted by Gasteiger charge is 2.51. The Morgan fingerprint density at radius 2 is 1.69 bits per heavy atom. The van der Waals surface area contributed by atoms with Crippen LogP contribution in [-0.4, -0.2) is 10.1 Å². The van der Waals surface area contributed by atoms with Crippen LogP contribution in [0.15, 0.2) is 30.3 Å². The fourth-order valence-corrected chi connectivity index (χ4v) is 1.49. The first kappa shape index (κ1) is 10.4. The van der Waals surface area contributed by atoms with Crippen molar-refractivity contribution in [2.24, 2.45) is 0 Å². The van der Waals surface area contributed by atoms with Gasteiger partial charge in [0.1, 0.15) is 0 Å². The molecule has 0 heterocycles. The van der Waals surface area contributed by atoms with Crippen molar-refractivity contribution in [3.8, 4) is 0 Å². The summed E-state index contributed by atoms with van der Waals surface area (Å²) < 4.78 is 44.4. The van der Waals surface area contributed by atoms with E-state index in [2.05, 4.69) is 0 Å². The Bertz CT molecular complexity index is 260. The van der Waals surface area contributed by atoms with Crippen LogP contribution in [0.25, 0.3) is 0 Å². The van der Waals surface area contributed by atoms with Gasteiger partial charge in [0.05, 0.1) is 0 Å². The van der Waals surface area contributed by atoms with Crippen LogP contribution in [0.2, 0.25) is 0 Å². The van der Waals surface area contributed by atoms with E-state index < -0.39 is 16.7 Å². The van der Waals surface area contributed by atoms with Crippen molar-refractivity contribution in [2.45, 2.75) is 11.3 Å². The zero-order chi connectivity index (χ0) is 9.90. The molecule has 1 aromatic rings. The lowest BCUT2D eigenvalue weighted by molar-refractivity contribution is -0.0431. The maximum Gasteiger partial charge on any atom is 0.608 e. The fourth-order valence-electron chi connectivity index (χ4n) is 0.814. The van der Waals surface area contributed by atoms with Gasteiger partial charge in [0.2, 0.25) is 0 Å². The molecule has 0 spiro atoms. The molecule has 13 heavy (non-hydrogen) atoms. The van der Waals surface area contributed by atoms with Gasteiger partial charge in [-0.15, -0.1) is 13.2 Å². The quantitative estimate of drug-likeness (QED) is 0.742. The molecule has 1 rings (SSSR count). The molecule has 1 atom stereocenters. The highest BCUT2D eigenvalue weighted by molar-refractivity contribution is 7.91. The topological polar surface area (TPSA) is 20.2 Å². The second-order valence-electron chi connectivity index (χ2n) is 2.44. The monoisotopic (exact) mass is 209 g/mol. The summed E-state index contributed by atoms with van der Waals surface area (Å²) in [5.74, 6) is -0.357. The highest BCUT2D eigenvalue weighted by atomic mass is 32.2. The second kappa shape index (κ2) is 4.02. The van der Waals surface area contributed by atoms with E-state index in [9.17, 15) is 13.2 Å². The van der Waals surface area contributed by atoms with Crippen molar-refractivity contribution >= 4 is 11.2 Å². The van der Waals surface area contributed by atoms with E-state index in [1.54, 1.807) is 30.3 Å². The van der Waals surface area contributed by atoms with Crippen LogP contribution < -0.4 is 0 Å². The summed E-state index contributed by atoms with van der Waals surface area (Å²) in [7, 11) is 0. The summed E-state index contributed by atoms with van der Waals surface area (Å²) in [4.78, 5) is 0. The van der Waals surface area contributed by atoms with Gasteiger partial charge in [0, 0.05) is 5.56 Å². The van der Waals surface area contributed by atoms with E-state index in [0.29, 0.717) is 5.56 Å². The molecule has 5 heteroatoms. The molecule has 0 saturated heterocycles. The molecule has 1 aromatic carbocycles. The first-order valence-electron chi connectivity index (χ1n) is 3.51. The van der Waals surface area contributed by atoms with Crippen LogP contribution in [0.1, 0.15) is 5.56 Å². The van der Waals surface area contributed by atoms with Gasteiger partial charge in [-0.05, 0) is 0 Å². The smallest absolute Gasteiger partial charge is 0.179 e. The third kappa shape index (κ3) is 3.28. The van der Waals surface area contributed by atoms with Crippen LogP contribution in [-0.2, 0) is 16.9 Å². The van der Waals surface area contributed by atoms with Crippen molar-refractivity contribution in [3.63, 3.8) is 0 Å². The molecule has 0 aliphatic carbocycles. The fraction of sp³-hybridized carbons (Fsp3) is 0.250. The predicted molar refractivity (Wildman–Crippen MR) is 46.2 cm³/mol. The van der Waals surface area contributed by atoms with Crippen LogP contribution in [0.5, 0.6) is 0 Å². The summed E-state index contributed by atoms with van der Waals surface area (Å²) in [5, 5.41) is 0. The Labute approximate surface area is 76.8 Å². The minimum absolute atomic E-state index is 0.357. The normalized spacial score (nSPS) is 14.2. The van der Waals surface area contributed by atoms with E-state index in [-0.39, 0.29) is 5.75 Å². The minimum atomic E-state index is -4.50. The summed E-state index contributed by atoms with van der Waals surface area (Å²) in [6.07, 6.45) is 0. The summed E-state index contributed by atoms with van der Waals surface area (Å²) >= 11 is -2.54. The molecule has 0 amide bonds. The average molecular weight is 209 g/mol. The van der Waals surface area contributed by atoms with Crippen LogP contribution in [0.4, 0.5) is 13.2 Å². The van der Waals surface area contributed by atoms with E-state index >= 15 is 0 Å². The first-order chi connectivity index (χ1) is 6.00. The Morgan fingerprint density at radius 3 is 2.15 bits per heavy atom. The van der Waals surface area contributed by atoms with Crippen molar-refractivity contribution in [3.05, 3.63) is 35.9 Å². The Morgan fingerprint density at radius 1 is 1.15 bits per heavy atom. The Balaban J connectivity index is 2.61. The van der Waals surface area contributed by atoms with Crippen molar-refractivity contribution in [1.29, 1.82) is 0 Å². The third-order valence-electron chi connectivity index (χ3n) is 1.41. The third-order valence-corrected chi connectivity index (χ3v) is 2.55. The summed E-state index contributed by atoms with van der Waals surface area (Å²) in [6.45, 7) is 0. The average Bonchev–Trinajstić information content (AvgIpc) is 2.04. The van der Waals surface area contributed by atoms with Gasteiger partial charge in [0.15, 0.2) is 5.75 Å². The highest BCUT2D eigenvalue weighted by Crippen LogP contribution is 2.26. The van der Waals surface area contributed by atoms with Gasteiger partial charge in [-0.25, -0.2) is 0 Å². The SMILES string of the molecule is O[S+](Cc1ccccc1)C(F)(F)F. The maximum atomic E-state index is 11.9. The molecule has 72 valence electrons. The van der Waals surface area contributed by atoms with Gasteiger partial charge in [-0.1, -0.05) is 30.3 Å². The number of hydrogen-bond acceptors (Lipinski definition) is 1. The standard InChI is InChI=1S/C8H8F3OS/c9-8(10,11)13(12)6-7-4-2-1-3-5-7/h1-5,12H,6H2/q+1. The van der Waals surface area contributed by atoms with E-state index in [1.807, 2.05) is 0 Å². The van der Waals surface area contributed by atoms with E-state index in [0.717, 1.165) is 0 Å². The summed E-state index contributed by atoms with van der Waals surface area (Å²) in [6, 6.07) is 8.11. The van der Waals surface area contributed by atoms with Gasteiger partial charge >= 0.3 is 5.51 Å². The molecule has 0 aliphatic rings. The molecule has 0 aliphatic heterocycles. The molecule has 1 unspecified atom stereocenters. The van der Waals surface area contributed by atoms with Gasteiger partial charge < -0.3 is 0 Å². The van der Waals surface area contributed by atoms with E-state index in [4.69, 9.17) is 4.55 Å². The molecule has 0 aromatic heterocycles. The number of rotatable bonds is 2. The van der Waals surface area contributed by atoms with Crippen molar-refractivity contribution < 1.29 is 17.7 Å². The lowest BCUT2D eigenvalue weighted by atomic mass is 10.2. The number of halogens is 3. The molecule has 0 bridgehead atoms. The second-order valence-corrected chi connectivity index (χ2v) is 3.92. The van der Waals surface area contributed by atoms with Crippen LogP contribution in [0.3, 0.4) is 0 Å². The first-order valence-corrected chi connectivity index (χ1v) is 4.86. The molecule has 0 fully saturated rings. The number of benzene rings is 1. The van der Waals surface area contributed by atoms with Crippen LogP contribution in [0, 0.1) is 0 Å². The Hall–Kier alpha value is -0.680. The predicted octanol–water partition coefficient (Wildman–Crippen LogP) is 2.80. The van der Waals surface area contributed by atoms with Crippen molar-refractivity contribution in [2.75, 3.05) is 0 Å². The van der Waals surface area contributed by atoms with E-state index in [1.165, 1.54) is 0 Å². The molecule has 1 N–H and O–H groups in total. The van der Waals surface area contributed by atoms with Crippen molar-refractivity contribution in [1.82, 2.24) is 0 Å². The minimum Gasteiger partial charge on any atom is -0.179 e. The Kier molecular flexibility index (Phi) is 3.22. The molecular formula is C8H8F3OS+. The maximum absolute atomic E-state index is 11.9. The summed E-state index contributed by atoms with van der Waals surface area (Å²) in [5.41, 5.74) is -4.01. The lowest BCUT2D eigenvalue weighted by Gasteiger charge is -2.02. The van der Waals surface area contributed by atoms with Crippen LogP contribution >= 0.6 is 0 Å². The molecular weight excluding hydrogens is 201 g/mol. The molecule has 0 radical (unpaired) electrons. The largest absolute Gasteiger partial charge is 0.608 e. The zero-order valence-electron chi connectivity index (χ0n) is 6.58. The van der Waals surface area contributed by atoms with Gasteiger partial charge in [0.25, 0.3) is 11.2 Å².